The number of rotatable bonds is 6. The van der Waals surface area contributed by atoms with Crippen molar-refractivity contribution in [2.24, 2.45) is 4.99 Å². The van der Waals surface area contributed by atoms with E-state index >= 15 is 0 Å². The van der Waals surface area contributed by atoms with E-state index in [-0.39, 0.29) is 11.6 Å². The van der Waals surface area contributed by atoms with Gasteiger partial charge in [0.1, 0.15) is 6.61 Å². The van der Waals surface area contributed by atoms with Crippen molar-refractivity contribution in [1.29, 1.82) is 0 Å². The Balaban J connectivity index is 1.97. The highest BCUT2D eigenvalue weighted by Gasteiger charge is 2.25. The number of benzene rings is 2. The van der Waals surface area contributed by atoms with Crippen LogP contribution in [0.3, 0.4) is 0 Å². The van der Waals surface area contributed by atoms with E-state index in [1.165, 1.54) is 0 Å². The van der Waals surface area contributed by atoms with Crippen LogP contribution in [-0.2, 0) is 9.53 Å². The van der Waals surface area contributed by atoms with Gasteiger partial charge in [-0.15, -0.1) is 0 Å². The van der Waals surface area contributed by atoms with Gasteiger partial charge in [-0.3, -0.25) is 0 Å². The van der Waals surface area contributed by atoms with Crippen molar-refractivity contribution in [1.82, 2.24) is 0 Å². The monoisotopic (exact) mass is 461 g/mol. The Bertz CT molecular complexity index is 901. The van der Waals surface area contributed by atoms with Crippen LogP contribution < -0.4 is 9.47 Å². The molecule has 26 heavy (non-hydrogen) atoms. The van der Waals surface area contributed by atoms with Gasteiger partial charge in [0.05, 0.1) is 7.11 Å². The highest BCUT2D eigenvalue weighted by molar-refractivity contribution is 14.1. The van der Waals surface area contributed by atoms with E-state index in [1.54, 1.807) is 25.3 Å². The predicted molar refractivity (Wildman–Crippen MR) is 108 cm³/mol. The summed E-state index contributed by atoms with van der Waals surface area (Å²) in [6.45, 7) is 3.97. The van der Waals surface area contributed by atoms with Gasteiger partial charge >= 0.3 is 5.97 Å². The maximum absolute atomic E-state index is 12.2. The molecule has 6 heteroatoms. The van der Waals surface area contributed by atoms with Crippen LogP contribution in [0.4, 0.5) is 0 Å². The number of ether oxygens (including phenoxy) is 3. The Morgan fingerprint density at radius 2 is 2.00 bits per heavy atom. The molecule has 1 heterocycles. The number of carbonyl (C=O) groups is 1. The number of carbonyl (C=O) groups excluding carboxylic acids is 1. The summed E-state index contributed by atoms with van der Waals surface area (Å²) < 4.78 is 17.4. The first-order valence-electron chi connectivity index (χ1n) is 7.81. The Morgan fingerprint density at radius 3 is 2.69 bits per heavy atom. The zero-order valence-corrected chi connectivity index (χ0v) is 16.2. The second-order valence-electron chi connectivity index (χ2n) is 5.32. The van der Waals surface area contributed by atoms with Crippen LogP contribution in [0.15, 0.2) is 65.8 Å². The SMILES string of the molecule is C=CCOc1c(/C=C2\N=C(c3ccc(I)cc3)OC2=O)cccc1OC. The minimum absolute atomic E-state index is 0.204. The third-order valence-electron chi connectivity index (χ3n) is 3.58. The fourth-order valence-electron chi connectivity index (χ4n) is 2.38. The molecule has 5 nitrogen and oxygen atoms in total. The average Bonchev–Trinajstić information content (AvgIpc) is 3.01. The van der Waals surface area contributed by atoms with Gasteiger partial charge in [0, 0.05) is 14.7 Å². The molecule has 0 aliphatic carbocycles. The summed E-state index contributed by atoms with van der Waals surface area (Å²) in [6, 6.07) is 13.0. The Labute approximate surface area is 165 Å². The molecule has 0 saturated carbocycles. The number of halogens is 1. The van der Waals surface area contributed by atoms with Crippen LogP contribution in [-0.4, -0.2) is 25.6 Å². The molecule has 0 saturated heterocycles. The Morgan fingerprint density at radius 1 is 1.23 bits per heavy atom. The van der Waals surface area contributed by atoms with Gasteiger partial charge in [-0.1, -0.05) is 24.8 Å². The highest BCUT2D eigenvalue weighted by Crippen LogP contribution is 2.33. The molecule has 0 aromatic heterocycles. The number of hydrogen-bond donors (Lipinski definition) is 0. The molecule has 0 bridgehead atoms. The van der Waals surface area contributed by atoms with Gasteiger partial charge < -0.3 is 14.2 Å². The Kier molecular flexibility index (Phi) is 5.72. The molecule has 2 aromatic rings. The van der Waals surface area contributed by atoms with Crippen LogP contribution in [0.1, 0.15) is 11.1 Å². The molecule has 132 valence electrons. The minimum atomic E-state index is -0.504. The van der Waals surface area contributed by atoms with Gasteiger partial charge in [-0.25, -0.2) is 9.79 Å². The van der Waals surface area contributed by atoms with Crippen molar-refractivity contribution in [3.63, 3.8) is 0 Å². The number of esters is 1. The lowest BCUT2D eigenvalue weighted by Crippen LogP contribution is -2.05. The first-order chi connectivity index (χ1) is 12.6. The number of aliphatic imine (C=N–C) groups is 1. The quantitative estimate of drug-likeness (QED) is 0.280. The van der Waals surface area contributed by atoms with E-state index in [0.717, 1.165) is 9.13 Å². The summed E-state index contributed by atoms with van der Waals surface area (Å²) in [5.74, 6) is 0.868. The molecule has 1 aliphatic rings. The van der Waals surface area contributed by atoms with Crippen molar-refractivity contribution >= 4 is 40.5 Å². The summed E-state index contributed by atoms with van der Waals surface area (Å²) in [5.41, 5.74) is 1.62. The van der Waals surface area contributed by atoms with Crippen molar-refractivity contribution in [2.75, 3.05) is 13.7 Å². The van der Waals surface area contributed by atoms with E-state index in [0.29, 0.717) is 23.7 Å². The largest absolute Gasteiger partial charge is 0.493 e. The summed E-state index contributed by atoms with van der Waals surface area (Å²) in [5, 5.41) is 0. The second-order valence-corrected chi connectivity index (χ2v) is 6.57. The van der Waals surface area contributed by atoms with E-state index in [4.69, 9.17) is 14.2 Å². The zero-order valence-electron chi connectivity index (χ0n) is 14.1. The summed E-state index contributed by atoms with van der Waals surface area (Å²) in [4.78, 5) is 16.5. The maximum atomic E-state index is 12.2. The lowest BCUT2D eigenvalue weighted by atomic mass is 10.1. The molecule has 0 N–H and O–H groups in total. The molecule has 0 unspecified atom stereocenters. The van der Waals surface area contributed by atoms with Gasteiger partial charge in [0.2, 0.25) is 5.90 Å². The van der Waals surface area contributed by atoms with Crippen molar-refractivity contribution < 1.29 is 19.0 Å². The first kappa shape index (κ1) is 18.2. The maximum Gasteiger partial charge on any atom is 0.363 e. The minimum Gasteiger partial charge on any atom is -0.493 e. The number of hydrogen-bond acceptors (Lipinski definition) is 5. The van der Waals surface area contributed by atoms with Crippen LogP contribution in [0, 0.1) is 3.57 Å². The van der Waals surface area contributed by atoms with Crippen LogP contribution in [0.25, 0.3) is 6.08 Å². The fourth-order valence-corrected chi connectivity index (χ4v) is 2.74. The van der Waals surface area contributed by atoms with Crippen LogP contribution in [0.2, 0.25) is 0 Å². The van der Waals surface area contributed by atoms with Gasteiger partial charge in [-0.2, -0.15) is 0 Å². The number of methoxy groups -OCH3 is 1. The number of para-hydroxylation sites is 1. The molecule has 3 rings (SSSR count). The summed E-state index contributed by atoms with van der Waals surface area (Å²) in [7, 11) is 1.56. The van der Waals surface area contributed by atoms with E-state index in [9.17, 15) is 4.79 Å². The fraction of sp³-hybridized carbons (Fsp3) is 0.100. The molecular weight excluding hydrogens is 445 g/mol. The molecular formula is C20H16INO4. The Hall–Kier alpha value is -2.61. The smallest absolute Gasteiger partial charge is 0.363 e. The van der Waals surface area contributed by atoms with E-state index < -0.39 is 5.97 Å². The third-order valence-corrected chi connectivity index (χ3v) is 4.30. The molecule has 0 atom stereocenters. The van der Waals surface area contributed by atoms with E-state index in [2.05, 4.69) is 34.2 Å². The predicted octanol–water partition coefficient (Wildman–Crippen LogP) is 4.21. The first-order valence-corrected chi connectivity index (χ1v) is 8.89. The number of nitrogens with zero attached hydrogens (tertiary/aromatic N) is 1. The van der Waals surface area contributed by atoms with Gasteiger partial charge in [0.25, 0.3) is 0 Å². The summed E-state index contributed by atoms with van der Waals surface area (Å²) >= 11 is 2.21. The standard InChI is InChI=1S/C20H16INO4/c1-3-11-25-18-14(5-4-6-17(18)24-2)12-16-20(23)26-19(22-16)13-7-9-15(21)10-8-13/h3-10,12H,1,11H2,2H3/b16-12-. The van der Waals surface area contributed by atoms with Gasteiger partial charge in [-0.05, 0) is 59.0 Å². The third kappa shape index (κ3) is 3.96. The van der Waals surface area contributed by atoms with Crippen molar-refractivity contribution in [2.45, 2.75) is 0 Å². The molecule has 0 radical (unpaired) electrons. The second kappa shape index (κ2) is 8.18. The topological polar surface area (TPSA) is 57.1 Å². The summed E-state index contributed by atoms with van der Waals surface area (Å²) in [6.07, 6.45) is 3.27. The molecule has 2 aromatic carbocycles. The van der Waals surface area contributed by atoms with Crippen LogP contribution >= 0.6 is 22.6 Å². The normalized spacial score (nSPS) is 14.8. The lowest BCUT2D eigenvalue weighted by Gasteiger charge is -2.12. The van der Waals surface area contributed by atoms with E-state index in [1.807, 2.05) is 36.4 Å². The molecule has 0 spiro atoms. The lowest BCUT2D eigenvalue weighted by molar-refractivity contribution is -0.129. The van der Waals surface area contributed by atoms with Crippen molar-refractivity contribution in [3.8, 4) is 11.5 Å². The average molecular weight is 461 g/mol. The molecule has 0 amide bonds. The molecule has 1 aliphatic heterocycles. The van der Waals surface area contributed by atoms with Crippen LogP contribution in [0.5, 0.6) is 11.5 Å². The van der Waals surface area contributed by atoms with Gasteiger partial charge in [0.15, 0.2) is 17.2 Å². The zero-order chi connectivity index (χ0) is 18.5. The van der Waals surface area contributed by atoms with Crippen molar-refractivity contribution in [3.05, 3.63) is 75.5 Å². The number of cyclic esters (lactones) is 1. The molecule has 0 fully saturated rings. The highest BCUT2D eigenvalue weighted by atomic mass is 127.